The molecule has 5 atom stereocenters. The molecule has 0 spiro atoms. The van der Waals surface area contributed by atoms with Gasteiger partial charge < -0.3 is 45.3 Å². The molecule has 270 valence electrons. The maximum atomic E-state index is 13.8. The Bertz CT molecular complexity index is 1360. The van der Waals surface area contributed by atoms with E-state index in [2.05, 4.69) is 26.0 Å². The van der Waals surface area contributed by atoms with E-state index in [1.165, 1.54) is 7.11 Å². The molecule has 49 heavy (non-hydrogen) atoms. The summed E-state index contributed by atoms with van der Waals surface area (Å²) in [6.07, 6.45) is -0.0837. The average molecular weight is 685 g/mol. The molecule has 2 aliphatic heterocycles. The summed E-state index contributed by atoms with van der Waals surface area (Å²) in [5.41, 5.74) is 0.854. The Kier molecular flexibility index (Phi) is 15.1. The molecule has 3 amide bonds. The molecule has 2 aliphatic rings. The van der Waals surface area contributed by atoms with Crippen LogP contribution >= 0.6 is 0 Å². The SMILES string of the molecule is CC[C@H](C)[C@@H]1NC(=O)[C@@H](NC[C@@H](O)[C@H](Cc2ccc(OCC(=O)OC)cc2)NC(=O)OC(C)(C)C)Cc2ccc(cc2)OCCCNC1=O. The van der Waals surface area contributed by atoms with Crippen LogP contribution in [0.2, 0.25) is 0 Å². The molecule has 5 N–H and O–H groups in total. The third-order valence-corrected chi connectivity index (χ3v) is 8.07. The summed E-state index contributed by atoms with van der Waals surface area (Å²) < 4.78 is 21.3. The zero-order chi connectivity index (χ0) is 36.0. The topological polar surface area (TPSA) is 174 Å². The van der Waals surface area contributed by atoms with Crippen molar-refractivity contribution in [2.24, 2.45) is 5.92 Å². The number of hydrogen-bond donors (Lipinski definition) is 5. The Morgan fingerprint density at radius 1 is 1.06 bits per heavy atom. The van der Waals surface area contributed by atoms with E-state index in [0.29, 0.717) is 37.5 Å². The lowest BCUT2D eigenvalue weighted by Gasteiger charge is -2.29. The van der Waals surface area contributed by atoms with E-state index in [-0.39, 0.29) is 43.7 Å². The summed E-state index contributed by atoms with van der Waals surface area (Å²) in [5, 5.41) is 23.3. The Balaban J connectivity index is 1.81. The molecule has 0 radical (unpaired) electrons. The molecule has 2 aromatic carbocycles. The van der Waals surface area contributed by atoms with Crippen LogP contribution in [-0.2, 0) is 36.7 Å². The standard InChI is InChI=1S/C36H52N4O9/c1-7-23(2)32-34(44)37-17-8-18-47-26-13-9-25(10-14-26)20-29(33(43)40-32)38-21-30(41)28(39-35(45)49-36(3,4)5)19-24-11-15-27(16-12-24)48-22-31(42)46-6/h9-16,23,28-30,32,38,41H,7-8,17-22H2,1-6H3,(H,37,44)(H,39,45)(H,40,43)/t23-,28-,29-,30+,32-/m0/s1. The molecule has 0 unspecified atom stereocenters. The predicted molar refractivity (Wildman–Crippen MR) is 183 cm³/mol. The predicted octanol–water partition coefficient (Wildman–Crippen LogP) is 2.67. The van der Waals surface area contributed by atoms with Gasteiger partial charge in [-0.3, -0.25) is 9.59 Å². The molecule has 0 aromatic heterocycles. The fourth-order valence-corrected chi connectivity index (χ4v) is 5.08. The first kappa shape index (κ1) is 39.1. The molecule has 4 rings (SSSR count). The number of nitrogens with one attached hydrogen (secondary N) is 4. The Labute approximate surface area is 288 Å². The molecule has 0 aliphatic carbocycles. The first-order valence-corrected chi connectivity index (χ1v) is 16.8. The van der Waals surface area contributed by atoms with Gasteiger partial charge in [0.25, 0.3) is 0 Å². The van der Waals surface area contributed by atoms with E-state index in [9.17, 15) is 24.3 Å². The number of fused-ring (bicyclic) bond motifs is 12. The second-order valence-electron chi connectivity index (χ2n) is 13.2. The minimum Gasteiger partial charge on any atom is -0.494 e. The summed E-state index contributed by atoms with van der Waals surface area (Å²) in [4.78, 5) is 51.2. The number of esters is 1. The maximum absolute atomic E-state index is 13.8. The van der Waals surface area contributed by atoms with Gasteiger partial charge in [0, 0.05) is 13.1 Å². The highest BCUT2D eigenvalue weighted by atomic mass is 16.6. The van der Waals surface area contributed by atoms with Crippen LogP contribution in [0.4, 0.5) is 4.79 Å². The van der Waals surface area contributed by atoms with Crippen molar-refractivity contribution in [3.8, 4) is 11.5 Å². The van der Waals surface area contributed by atoms with E-state index in [1.807, 2.05) is 38.1 Å². The largest absolute Gasteiger partial charge is 0.494 e. The number of benzene rings is 2. The van der Waals surface area contributed by atoms with Crippen LogP contribution in [0.25, 0.3) is 0 Å². The number of aliphatic hydroxyl groups excluding tert-OH is 1. The quantitative estimate of drug-likeness (QED) is 0.209. The number of alkyl carbamates (subject to hydrolysis) is 1. The fourth-order valence-electron chi connectivity index (χ4n) is 5.08. The molecule has 0 fully saturated rings. The van der Waals surface area contributed by atoms with Gasteiger partial charge in [0.05, 0.1) is 31.9 Å². The Hall–Kier alpha value is -4.36. The van der Waals surface area contributed by atoms with Gasteiger partial charge in [-0.2, -0.15) is 0 Å². The molecule has 2 heterocycles. The number of methoxy groups -OCH3 is 1. The third kappa shape index (κ3) is 13.6. The van der Waals surface area contributed by atoms with E-state index >= 15 is 0 Å². The number of hydrogen-bond acceptors (Lipinski definition) is 10. The monoisotopic (exact) mass is 684 g/mol. The molecule has 13 nitrogen and oxygen atoms in total. The van der Waals surface area contributed by atoms with Crippen LogP contribution in [0.1, 0.15) is 58.6 Å². The molecular formula is C36H52N4O9. The first-order chi connectivity index (χ1) is 23.3. The van der Waals surface area contributed by atoms with Crippen molar-refractivity contribution < 1.29 is 43.2 Å². The average Bonchev–Trinajstić information content (AvgIpc) is 3.07. The molecular weight excluding hydrogens is 632 g/mol. The summed E-state index contributed by atoms with van der Waals surface area (Å²) >= 11 is 0. The molecule has 13 heteroatoms. The molecule has 0 saturated carbocycles. The lowest BCUT2D eigenvalue weighted by atomic mass is 9.96. The zero-order valence-electron chi connectivity index (χ0n) is 29.4. The van der Waals surface area contributed by atoms with Gasteiger partial charge in [0.15, 0.2) is 6.61 Å². The van der Waals surface area contributed by atoms with Crippen molar-refractivity contribution in [3.63, 3.8) is 0 Å². The Morgan fingerprint density at radius 3 is 2.39 bits per heavy atom. The Morgan fingerprint density at radius 2 is 1.76 bits per heavy atom. The normalized spacial score (nSPS) is 19.1. The number of carbonyl (C=O) groups is 4. The van der Waals surface area contributed by atoms with Crippen molar-refractivity contribution in [2.75, 3.05) is 33.4 Å². The van der Waals surface area contributed by atoms with Gasteiger partial charge in [0.1, 0.15) is 23.1 Å². The number of carbonyl (C=O) groups excluding carboxylic acids is 4. The van der Waals surface area contributed by atoms with Crippen molar-refractivity contribution in [1.82, 2.24) is 21.3 Å². The summed E-state index contributed by atoms with van der Waals surface area (Å²) in [5.74, 6) is -0.150. The maximum Gasteiger partial charge on any atom is 0.407 e. The lowest BCUT2D eigenvalue weighted by Crippen LogP contribution is -2.57. The molecule has 2 bridgehead atoms. The molecule has 2 aromatic rings. The zero-order valence-corrected chi connectivity index (χ0v) is 29.4. The van der Waals surface area contributed by atoms with Gasteiger partial charge >= 0.3 is 12.1 Å². The van der Waals surface area contributed by atoms with Crippen molar-refractivity contribution >= 4 is 23.9 Å². The minimum atomic E-state index is -1.16. The summed E-state index contributed by atoms with van der Waals surface area (Å²) in [6, 6.07) is 11.9. The first-order valence-electron chi connectivity index (χ1n) is 16.8. The van der Waals surface area contributed by atoms with Crippen LogP contribution in [0.5, 0.6) is 11.5 Å². The minimum absolute atomic E-state index is 0.0692. The summed E-state index contributed by atoms with van der Waals surface area (Å²) in [7, 11) is 1.28. The van der Waals surface area contributed by atoms with Crippen LogP contribution in [0.3, 0.4) is 0 Å². The van der Waals surface area contributed by atoms with Gasteiger partial charge in [-0.05, 0) is 81.3 Å². The van der Waals surface area contributed by atoms with Gasteiger partial charge in [0.2, 0.25) is 11.8 Å². The van der Waals surface area contributed by atoms with Gasteiger partial charge in [-0.15, -0.1) is 0 Å². The number of ether oxygens (including phenoxy) is 4. The van der Waals surface area contributed by atoms with Crippen molar-refractivity contribution in [2.45, 2.75) is 90.1 Å². The number of rotatable bonds is 12. The van der Waals surface area contributed by atoms with E-state index < -0.39 is 41.9 Å². The van der Waals surface area contributed by atoms with Gasteiger partial charge in [-0.1, -0.05) is 44.5 Å². The van der Waals surface area contributed by atoms with Crippen molar-refractivity contribution in [1.29, 1.82) is 0 Å². The van der Waals surface area contributed by atoms with Crippen molar-refractivity contribution in [3.05, 3.63) is 59.7 Å². The number of amides is 3. The molecule has 0 saturated heterocycles. The van der Waals surface area contributed by atoms with Crippen LogP contribution in [-0.4, -0.2) is 92.2 Å². The second kappa shape index (κ2) is 19.0. The van der Waals surface area contributed by atoms with Gasteiger partial charge in [-0.25, -0.2) is 9.59 Å². The highest BCUT2D eigenvalue weighted by molar-refractivity contribution is 5.90. The van der Waals surface area contributed by atoms with E-state index in [0.717, 1.165) is 11.1 Å². The highest BCUT2D eigenvalue weighted by Gasteiger charge is 2.31. The lowest BCUT2D eigenvalue weighted by molar-refractivity contribution is -0.142. The smallest absolute Gasteiger partial charge is 0.407 e. The highest BCUT2D eigenvalue weighted by Crippen LogP contribution is 2.18. The summed E-state index contributed by atoms with van der Waals surface area (Å²) in [6.45, 7) is 9.64. The number of aliphatic hydroxyl groups is 1. The van der Waals surface area contributed by atoms with Crippen LogP contribution in [0, 0.1) is 5.92 Å². The fraction of sp³-hybridized carbons (Fsp3) is 0.556. The van der Waals surface area contributed by atoms with Crippen LogP contribution in [0.15, 0.2) is 48.5 Å². The van der Waals surface area contributed by atoms with E-state index in [1.54, 1.807) is 45.0 Å². The second-order valence-corrected chi connectivity index (χ2v) is 13.2. The third-order valence-electron chi connectivity index (χ3n) is 8.07. The van der Waals surface area contributed by atoms with Crippen LogP contribution < -0.4 is 30.7 Å². The van der Waals surface area contributed by atoms with E-state index in [4.69, 9.17) is 14.2 Å².